The van der Waals surface area contributed by atoms with Crippen LogP contribution in [0.2, 0.25) is 0 Å². The van der Waals surface area contributed by atoms with E-state index in [4.69, 9.17) is 0 Å². The Kier molecular flexibility index (Phi) is 5.25. The number of piperidine rings is 1. The molecule has 6 heteroatoms. The molecule has 0 radical (unpaired) electrons. The topological polar surface area (TPSA) is 53.5 Å². The van der Waals surface area contributed by atoms with Crippen LogP contribution in [0.1, 0.15) is 51.8 Å². The van der Waals surface area contributed by atoms with E-state index in [0.717, 1.165) is 44.3 Å². The van der Waals surface area contributed by atoms with Crippen molar-refractivity contribution < 1.29 is 9.59 Å². The van der Waals surface area contributed by atoms with Crippen molar-refractivity contribution in [2.75, 3.05) is 19.6 Å². The molecule has 0 saturated carbocycles. The van der Waals surface area contributed by atoms with Crippen molar-refractivity contribution in [3.8, 4) is 0 Å². The van der Waals surface area contributed by atoms with Crippen LogP contribution in [-0.4, -0.2) is 52.3 Å². The normalized spacial score (nSPS) is 22.0. The smallest absolute Gasteiger partial charge is 0.255 e. The van der Waals surface area contributed by atoms with E-state index in [1.807, 2.05) is 15.2 Å². The molecule has 2 bridgehead atoms. The number of thiophene rings is 1. The predicted octanol–water partition coefficient (Wildman–Crippen LogP) is 3.47. The molecule has 0 spiro atoms. The summed E-state index contributed by atoms with van der Waals surface area (Å²) in [6, 6.07) is 5.68. The zero-order valence-corrected chi connectivity index (χ0v) is 16.5. The summed E-state index contributed by atoms with van der Waals surface area (Å²) in [5.74, 6) is 0.526. The maximum absolute atomic E-state index is 13.1. The number of carbonyl (C=O) groups is 2. The quantitative estimate of drug-likeness (QED) is 0.812. The zero-order valence-electron chi connectivity index (χ0n) is 15.6. The SMILES string of the molecule is CCCc1cc(C(=O)N2C[C@H]3CC[C@@H]2CN(C(=O)c2ccncc2)C3)cs1. The number of fused-ring (bicyclic) bond motifs is 4. The van der Waals surface area contributed by atoms with Crippen molar-refractivity contribution in [3.05, 3.63) is 52.0 Å². The molecule has 2 amide bonds. The summed E-state index contributed by atoms with van der Waals surface area (Å²) in [6.45, 7) is 4.26. The van der Waals surface area contributed by atoms with Gasteiger partial charge >= 0.3 is 0 Å². The fourth-order valence-corrected chi connectivity index (χ4v) is 5.17. The Morgan fingerprint density at radius 3 is 2.70 bits per heavy atom. The molecule has 2 aromatic rings. The third-order valence-corrected chi connectivity index (χ3v) is 6.58. The molecule has 0 N–H and O–H groups in total. The number of hydrogen-bond acceptors (Lipinski definition) is 4. The van der Waals surface area contributed by atoms with Gasteiger partial charge in [0, 0.05) is 53.9 Å². The Balaban J connectivity index is 1.51. The Hall–Kier alpha value is -2.21. The van der Waals surface area contributed by atoms with Gasteiger partial charge in [-0.1, -0.05) is 13.3 Å². The van der Waals surface area contributed by atoms with Gasteiger partial charge in [0.05, 0.1) is 5.56 Å². The number of hydrogen-bond donors (Lipinski definition) is 0. The van der Waals surface area contributed by atoms with E-state index in [9.17, 15) is 9.59 Å². The highest BCUT2D eigenvalue weighted by Crippen LogP contribution is 2.30. The Bertz CT molecular complexity index is 820. The lowest BCUT2D eigenvalue weighted by Gasteiger charge is -2.35. The maximum Gasteiger partial charge on any atom is 0.255 e. The van der Waals surface area contributed by atoms with E-state index in [0.29, 0.717) is 18.0 Å². The van der Waals surface area contributed by atoms with Crippen molar-refractivity contribution in [1.82, 2.24) is 14.8 Å². The molecule has 0 aliphatic carbocycles. The summed E-state index contributed by atoms with van der Waals surface area (Å²) in [4.78, 5) is 35.2. The Morgan fingerprint density at radius 2 is 1.93 bits per heavy atom. The summed E-state index contributed by atoms with van der Waals surface area (Å²) >= 11 is 1.68. The van der Waals surface area contributed by atoms with Gasteiger partial charge in [0.1, 0.15) is 0 Å². The van der Waals surface area contributed by atoms with Crippen LogP contribution in [0.5, 0.6) is 0 Å². The fraction of sp³-hybridized carbons (Fsp3) is 0.476. The fourth-order valence-electron chi connectivity index (χ4n) is 4.21. The number of rotatable bonds is 4. The van der Waals surface area contributed by atoms with E-state index in [2.05, 4.69) is 18.0 Å². The minimum Gasteiger partial charge on any atom is -0.336 e. The summed E-state index contributed by atoms with van der Waals surface area (Å²) in [5.41, 5.74) is 1.48. The van der Waals surface area contributed by atoms with Crippen LogP contribution in [-0.2, 0) is 6.42 Å². The molecule has 0 unspecified atom stereocenters. The third kappa shape index (κ3) is 3.76. The van der Waals surface area contributed by atoms with Gasteiger partial charge in [0.25, 0.3) is 11.8 Å². The highest BCUT2D eigenvalue weighted by molar-refractivity contribution is 7.10. The average Bonchev–Trinajstić information content (AvgIpc) is 2.97. The first-order valence-corrected chi connectivity index (χ1v) is 10.6. The molecule has 2 atom stereocenters. The van der Waals surface area contributed by atoms with Crippen LogP contribution in [0.15, 0.2) is 36.0 Å². The molecular weight excluding hydrogens is 358 g/mol. The van der Waals surface area contributed by atoms with Gasteiger partial charge in [-0.25, -0.2) is 0 Å². The van der Waals surface area contributed by atoms with Gasteiger partial charge in [-0.05, 0) is 43.4 Å². The largest absolute Gasteiger partial charge is 0.336 e. The van der Waals surface area contributed by atoms with Crippen molar-refractivity contribution in [3.63, 3.8) is 0 Å². The van der Waals surface area contributed by atoms with E-state index in [1.165, 1.54) is 4.88 Å². The minimum atomic E-state index is 0.0457. The van der Waals surface area contributed by atoms with Crippen molar-refractivity contribution in [2.24, 2.45) is 5.92 Å². The third-order valence-electron chi connectivity index (χ3n) is 5.59. The van der Waals surface area contributed by atoms with Crippen LogP contribution in [0.25, 0.3) is 0 Å². The van der Waals surface area contributed by atoms with Gasteiger partial charge in [-0.3, -0.25) is 14.6 Å². The molecule has 0 aromatic carbocycles. The lowest BCUT2D eigenvalue weighted by Crippen LogP contribution is -2.47. The number of pyridine rings is 1. The standard InChI is InChI=1S/C21H25N3O2S/c1-2-3-19-10-17(14-27-19)21(26)24-12-15-4-5-18(24)13-23(11-15)20(25)16-6-8-22-9-7-16/h6-10,14-15,18H,2-5,11-13H2,1H3/t15-,18+/m0/s1. The highest BCUT2D eigenvalue weighted by atomic mass is 32.1. The van der Waals surface area contributed by atoms with Gasteiger partial charge in [-0.2, -0.15) is 0 Å². The summed E-state index contributed by atoms with van der Waals surface area (Å²) in [5, 5.41) is 1.99. The lowest BCUT2D eigenvalue weighted by atomic mass is 9.94. The van der Waals surface area contributed by atoms with Crippen LogP contribution in [0.4, 0.5) is 0 Å². The molecule has 142 valence electrons. The van der Waals surface area contributed by atoms with Gasteiger partial charge in [0.2, 0.25) is 0 Å². The van der Waals surface area contributed by atoms with Crippen molar-refractivity contribution >= 4 is 23.2 Å². The number of aryl methyl sites for hydroxylation is 1. The summed E-state index contributed by atoms with van der Waals surface area (Å²) in [7, 11) is 0. The number of carbonyl (C=O) groups excluding carboxylic acids is 2. The molecule has 3 aliphatic heterocycles. The predicted molar refractivity (Wildman–Crippen MR) is 106 cm³/mol. The molecule has 3 fully saturated rings. The van der Waals surface area contributed by atoms with Gasteiger partial charge in [-0.15, -0.1) is 11.3 Å². The Labute approximate surface area is 164 Å². The second kappa shape index (κ2) is 7.80. The molecule has 5 nitrogen and oxygen atoms in total. The molecule has 3 saturated heterocycles. The van der Waals surface area contributed by atoms with Crippen LogP contribution >= 0.6 is 11.3 Å². The lowest BCUT2D eigenvalue weighted by molar-refractivity contribution is 0.0575. The molecule has 5 heterocycles. The first kappa shape index (κ1) is 18.2. The maximum atomic E-state index is 13.1. The summed E-state index contributed by atoms with van der Waals surface area (Å²) < 4.78 is 0. The van der Waals surface area contributed by atoms with Crippen LogP contribution in [0, 0.1) is 5.92 Å². The highest BCUT2D eigenvalue weighted by Gasteiger charge is 2.39. The first-order valence-electron chi connectivity index (χ1n) is 9.73. The van der Waals surface area contributed by atoms with Crippen LogP contribution < -0.4 is 0 Å². The molecule has 3 aliphatic rings. The summed E-state index contributed by atoms with van der Waals surface area (Å²) in [6.07, 6.45) is 7.48. The number of nitrogens with zero attached hydrogens (tertiary/aromatic N) is 3. The average molecular weight is 384 g/mol. The van der Waals surface area contributed by atoms with Crippen LogP contribution in [0.3, 0.4) is 0 Å². The molecule has 2 aromatic heterocycles. The number of amides is 2. The van der Waals surface area contributed by atoms with E-state index < -0.39 is 0 Å². The zero-order chi connectivity index (χ0) is 18.8. The second-order valence-electron chi connectivity index (χ2n) is 7.55. The second-order valence-corrected chi connectivity index (χ2v) is 8.55. The molecular formula is C21H25N3O2S. The Morgan fingerprint density at radius 1 is 1.11 bits per heavy atom. The monoisotopic (exact) mass is 383 g/mol. The van der Waals surface area contributed by atoms with E-state index in [1.54, 1.807) is 35.9 Å². The molecule has 5 rings (SSSR count). The van der Waals surface area contributed by atoms with E-state index in [-0.39, 0.29) is 17.9 Å². The van der Waals surface area contributed by atoms with Crippen molar-refractivity contribution in [1.29, 1.82) is 0 Å². The number of aromatic nitrogens is 1. The molecule has 27 heavy (non-hydrogen) atoms. The minimum absolute atomic E-state index is 0.0457. The van der Waals surface area contributed by atoms with Gasteiger partial charge in [0.15, 0.2) is 0 Å². The van der Waals surface area contributed by atoms with Gasteiger partial charge < -0.3 is 9.80 Å². The van der Waals surface area contributed by atoms with Crippen molar-refractivity contribution in [2.45, 2.75) is 38.6 Å². The first-order chi connectivity index (χ1) is 13.2. The van der Waals surface area contributed by atoms with E-state index >= 15 is 0 Å².